The maximum atomic E-state index is 14.3. The van der Waals surface area contributed by atoms with Crippen molar-refractivity contribution in [1.29, 1.82) is 5.26 Å². The van der Waals surface area contributed by atoms with E-state index >= 15 is 0 Å². The molecule has 9 nitrogen and oxygen atoms in total. The summed E-state index contributed by atoms with van der Waals surface area (Å²) in [6, 6.07) is 8.54. The molecule has 2 aromatic heterocycles. The summed E-state index contributed by atoms with van der Waals surface area (Å²) >= 11 is 6.66. The van der Waals surface area contributed by atoms with E-state index in [0.717, 1.165) is 6.04 Å². The molecule has 256 valence electrons. The predicted octanol–water partition coefficient (Wildman–Crippen LogP) is 7.70. The first-order valence-corrected chi connectivity index (χ1v) is 22.9. The molecule has 1 N–H and O–H groups in total. The van der Waals surface area contributed by atoms with Crippen molar-refractivity contribution in [3.05, 3.63) is 52.0 Å². The maximum absolute atomic E-state index is 14.3. The van der Waals surface area contributed by atoms with Gasteiger partial charge in [0.05, 0.1) is 29.9 Å². The number of nitrogens with one attached hydrogen (secondary N) is 1. The Hall–Kier alpha value is -2.58. The van der Waals surface area contributed by atoms with Crippen LogP contribution in [0.25, 0.3) is 11.0 Å². The number of fused-ring (bicyclic) bond motifs is 2. The molecule has 0 spiro atoms. The van der Waals surface area contributed by atoms with Crippen LogP contribution in [0.1, 0.15) is 31.9 Å². The molecule has 2 fully saturated rings. The smallest absolute Gasteiger partial charge is 0.217 e. The van der Waals surface area contributed by atoms with Gasteiger partial charge in [-0.25, -0.2) is 13.8 Å². The number of anilines is 1. The van der Waals surface area contributed by atoms with E-state index in [4.69, 9.17) is 35.0 Å². The molecule has 2 saturated heterocycles. The van der Waals surface area contributed by atoms with Crippen LogP contribution in [0, 0.1) is 23.0 Å². The molecule has 3 aromatic rings. The SMILES string of the molecule is CC(C)(C)[Si](C)(C)OC1CO[C@H]2[C@@H]1OC[C@H]2Oc1c(C#N)c2nc(NCc3c(F)cccc3F)c(Cl)cc2n1COCC[Si](C)(C)C. The van der Waals surface area contributed by atoms with Gasteiger partial charge >= 0.3 is 0 Å². The van der Waals surface area contributed by atoms with Gasteiger partial charge in [0.2, 0.25) is 5.88 Å². The number of hydrogen-bond donors (Lipinski definition) is 1. The molecule has 4 atom stereocenters. The van der Waals surface area contributed by atoms with Crippen LogP contribution in [0.5, 0.6) is 5.88 Å². The highest BCUT2D eigenvalue weighted by atomic mass is 35.5. The zero-order chi connectivity index (χ0) is 34.3. The molecule has 4 heterocycles. The van der Waals surface area contributed by atoms with E-state index in [1.807, 2.05) is 0 Å². The van der Waals surface area contributed by atoms with Crippen molar-refractivity contribution in [2.24, 2.45) is 0 Å². The monoisotopic (exact) mass is 706 g/mol. The molecule has 2 aliphatic rings. The summed E-state index contributed by atoms with van der Waals surface area (Å²) in [4.78, 5) is 4.65. The Morgan fingerprint density at radius 1 is 1.09 bits per heavy atom. The second-order valence-corrected chi connectivity index (χ2v) is 25.8. The summed E-state index contributed by atoms with van der Waals surface area (Å²) in [5, 5.41) is 13.6. The van der Waals surface area contributed by atoms with Crippen LogP contribution in [0.3, 0.4) is 0 Å². The molecule has 0 aliphatic carbocycles. The zero-order valence-corrected chi connectivity index (χ0v) is 31.1. The Labute approximate surface area is 282 Å². The first-order valence-electron chi connectivity index (χ1n) is 16.0. The summed E-state index contributed by atoms with van der Waals surface area (Å²) in [6.07, 6.45) is -1.41. The number of rotatable bonds is 12. The number of nitriles is 1. The van der Waals surface area contributed by atoms with Crippen LogP contribution < -0.4 is 10.1 Å². The van der Waals surface area contributed by atoms with Crippen molar-refractivity contribution in [1.82, 2.24) is 9.55 Å². The summed E-state index contributed by atoms with van der Waals surface area (Å²) < 4.78 is 62.2. The lowest BCUT2D eigenvalue weighted by molar-refractivity contribution is 0.00849. The lowest BCUT2D eigenvalue weighted by Gasteiger charge is -2.39. The van der Waals surface area contributed by atoms with E-state index in [2.05, 4.69) is 69.9 Å². The Kier molecular flexibility index (Phi) is 10.4. The van der Waals surface area contributed by atoms with Gasteiger partial charge < -0.3 is 28.7 Å². The third-order valence-corrected chi connectivity index (χ3v) is 15.7. The van der Waals surface area contributed by atoms with Crippen molar-refractivity contribution >= 4 is 44.8 Å². The number of ether oxygens (including phenoxy) is 4. The molecule has 0 amide bonds. The molecule has 5 rings (SSSR count). The molecule has 0 radical (unpaired) electrons. The highest BCUT2D eigenvalue weighted by Crippen LogP contribution is 2.42. The molecule has 47 heavy (non-hydrogen) atoms. The first-order chi connectivity index (χ1) is 22.0. The third-order valence-electron chi connectivity index (χ3n) is 9.24. The van der Waals surface area contributed by atoms with Crippen LogP contribution in [-0.4, -0.2) is 70.2 Å². The van der Waals surface area contributed by atoms with E-state index in [9.17, 15) is 14.0 Å². The zero-order valence-electron chi connectivity index (χ0n) is 28.4. The van der Waals surface area contributed by atoms with E-state index in [-0.39, 0.29) is 71.1 Å². The van der Waals surface area contributed by atoms with E-state index < -0.39 is 34.1 Å². The summed E-state index contributed by atoms with van der Waals surface area (Å²) in [5.74, 6) is -0.931. The standard InChI is InChI=1S/C33H45ClF2N4O5Si2/c1-33(2,3)47(7,8)45-27-18-43-29-26(17-42-30(27)29)44-32-20(15-37)28-25(40(32)19-41-12-13-46(4,5)6)14-22(34)31(39-28)38-16-21-23(35)10-9-11-24(21)36/h9-11,14,26-27,29-30H,12-13,16-19H2,1-8H3,(H,38,39)/t26-,27?,29-,30-/m1/s1. The van der Waals surface area contributed by atoms with E-state index in [0.29, 0.717) is 24.2 Å². The van der Waals surface area contributed by atoms with Crippen molar-refractivity contribution in [2.75, 3.05) is 25.1 Å². The van der Waals surface area contributed by atoms with Gasteiger partial charge in [0.15, 0.2) is 14.4 Å². The molecule has 1 unspecified atom stereocenters. The normalized spacial score (nSPS) is 21.7. The minimum absolute atomic E-state index is 0.0309. The van der Waals surface area contributed by atoms with Crippen LogP contribution in [0.2, 0.25) is 48.8 Å². The number of nitrogens with zero attached hydrogens (tertiary/aromatic N) is 3. The molecule has 2 aliphatic heterocycles. The Balaban J connectivity index is 1.44. The number of benzene rings is 1. The van der Waals surface area contributed by atoms with E-state index in [1.54, 1.807) is 10.6 Å². The number of hydrogen-bond acceptors (Lipinski definition) is 8. The number of halogens is 3. The third kappa shape index (κ3) is 7.69. The molecule has 0 bridgehead atoms. The minimum atomic E-state index is -2.08. The van der Waals surface area contributed by atoms with Gasteiger partial charge in [-0.05, 0) is 42.4 Å². The Bertz CT molecular complexity index is 1630. The summed E-state index contributed by atoms with van der Waals surface area (Å²) in [7, 11) is -3.44. The average Bonchev–Trinajstić information content (AvgIpc) is 3.63. The van der Waals surface area contributed by atoms with Crippen molar-refractivity contribution in [3.63, 3.8) is 0 Å². The second-order valence-electron chi connectivity index (χ2n) is 15.0. The van der Waals surface area contributed by atoms with Gasteiger partial charge in [-0.15, -0.1) is 0 Å². The fourth-order valence-electron chi connectivity index (χ4n) is 5.43. The topological polar surface area (TPSA) is 99.8 Å². The van der Waals surface area contributed by atoms with Gasteiger partial charge in [0, 0.05) is 26.8 Å². The fraction of sp³-hybridized carbons (Fsp3) is 0.576. The molecule has 1 aromatic carbocycles. The maximum Gasteiger partial charge on any atom is 0.217 e. The quantitative estimate of drug-likeness (QED) is 0.151. The Morgan fingerprint density at radius 3 is 2.34 bits per heavy atom. The van der Waals surface area contributed by atoms with Crippen LogP contribution >= 0.6 is 11.6 Å². The van der Waals surface area contributed by atoms with E-state index in [1.165, 1.54) is 18.2 Å². The molecule has 14 heteroatoms. The predicted molar refractivity (Wildman–Crippen MR) is 183 cm³/mol. The van der Waals surface area contributed by atoms with Gasteiger partial charge in [-0.2, -0.15) is 5.26 Å². The highest BCUT2D eigenvalue weighted by Gasteiger charge is 2.52. The summed E-state index contributed by atoms with van der Waals surface area (Å²) in [5.41, 5.74) is 0.880. The van der Waals surface area contributed by atoms with Crippen LogP contribution in [0.4, 0.5) is 14.6 Å². The Morgan fingerprint density at radius 2 is 1.72 bits per heavy atom. The van der Waals surface area contributed by atoms with Gasteiger partial charge in [0.1, 0.15) is 53.5 Å². The molecular formula is C33H45ClF2N4O5Si2. The molecule has 0 saturated carbocycles. The average molecular weight is 707 g/mol. The van der Waals surface area contributed by atoms with Crippen LogP contribution in [0.15, 0.2) is 24.3 Å². The highest BCUT2D eigenvalue weighted by molar-refractivity contribution is 6.76. The second kappa shape index (κ2) is 13.7. The lowest BCUT2D eigenvalue weighted by atomic mass is 10.1. The minimum Gasteiger partial charge on any atom is -0.469 e. The summed E-state index contributed by atoms with van der Waals surface area (Å²) in [6.45, 7) is 18.9. The lowest BCUT2D eigenvalue weighted by Crippen LogP contribution is -2.47. The molecular weight excluding hydrogens is 662 g/mol. The van der Waals surface area contributed by atoms with Crippen molar-refractivity contribution in [3.8, 4) is 11.9 Å². The van der Waals surface area contributed by atoms with Gasteiger partial charge in [-0.1, -0.05) is 58.1 Å². The fourth-order valence-corrected chi connectivity index (χ4v) is 7.71. The number of pyridine rings is 1. The number of aromatic nitrogens is 2. The van der Waals surface area contributed by atoms with Crippen LogP contribution in [-0.2, 0) is 31.9 Å². The van der Waals surface area contributed by atoms with Crippen molar-refractivity contribution < 1.29 is 32.2 Å². The largest absolute Gasteiger partial charge is 0.469 e. The van der Waals surface area contributed by atoms with Gasteiger partial charge in [-0.3, -0.25) is 4.57 Å². The van der Waals surface area contributed by atoms with Crippen molar-refractivity contribution in [2.45, 2.75) is 102 Å². The first kappa shape index (κ1) is 35.7. The van der Waals surface area contributed by atoms with Gasteiger partial charge in [0.25, 0.3) is 0 Å².